The van der Waals surface area contributed by atoms with E-state index in [9.17, 15) is 18.3 Å². The van der Waals surface area contributed by atoms with Crippen molar-refractivity contribution < 1.29 is 28.2 Å². The molecule has 0 aliphatic rings. The van der Waals surface area contributed by atoms with E-state index in [4.69, 9.17) is 21.4 Å². The molecule has 0 saturated heterocycles. The highest BCUT2D eigenvalue weighted by atomic mass is 79.9. The second kappa shape index (κ2) is 6.88. The highest BCUT2D eigenvalue weighted by Gasteiger charge is 2.24. The number of carboxylic acids is 1. The van der Waals surface area contributed by atoms with Crippen LogP contribution in [-0.4, -0.2) is 31.7 Å². The Labute approximate surface area is 151 Å². The van der Waals surface area contributed by atoms with Crippen LogP contribution in [0, 0.1) is 0 Å². The number of ether oxygens (including phenoxy) is 1. The monoisotopic (exact) mass is 435 g/mol. The molecular formula is C14H11BrClNO6S. The lowest BCUT2D eigenvalue weighted by Gasteiger charge is -2.14. The van der Waals surface area contributed by atoms with Crippen LogP contribution in [0.2, 0.25) is 5.02 Å². The van der Waals surface area contributed by atoms with E-state index in [1.807, 2.05) is 0 Å². The molecule has 24 heavy (non-hydrogen) atoms. The number of anilines is 1. The van der Waals surface area contributed by atoms with Gasteiger partial charge in [0, 0.05) is 9.50 Å². The number of phenols is 1. The van der Waals surface area contributed by atoms with Crippen molar-refractivity contribution in [3.8, 4) is 11.5 Å². The first kappa shape index (κ1) is 18.4. The van der Waals surface area contributed by atoms with Gasteiger partial charge in [-0.3, -0.25) is 4.72 Å². The number of rotatable bonds is 5. The van der Waals surface area contributed by atoms with Crippen molar-refractivity contribution in [3.63, 3.8) is 0 Å². The Kier molecular flexibility index (Phi) is 5.26. The Hall–Kier alpha value is -1.97. The van der Waals surface area contributed by atoms with Crippen LogP contribution in [-0.2, 0) is 10.0 Å². The molecule has 0 amide bonds. The molecule has 0 saturated carbocycles. The number of aromatic carboxylic acids is 1. The number of sulfonamides is 1. The summed E-state index contributed by atoms with van der Waals surface area (Å²) >= 11 is 8.95. The molecule has 10 heteroatoms. The number of nitrogens with one attached hydrogen (secondary N) is 1. The second-order valence-corrected chi connectivity index (χ2v) is 7.56. The molecule has 0 atom stereocenters. The normalized spacial score (nSPS) is 11.1. The molecule has 0 aliphatic heterocycles. The molecule has 7 nitrogen and oxygen atoms in total. The van der Waals surface area contributed by atoms with Crippen LogP contribution in [0.4, 0.5) is 5.69 Å². The van der Waals surface area contributed by atoms with Crippen LogP contribution in [0.3, 0.4) is 0 Å². The van der Waals surface area contributed by atoms with E-state index >= 15 is 0 Å². The van der Waals surface area contributed by atoms with E-state index in [1.54, 1.807) is 6.07 Å². The van der Waals surface area contributed by atoms with Crippen molar-refractivity contribution in [2.45, 2.75) is 4.90 Å². The minimum Gasteiger partial charge on any atom is -0.505 e. The molecular weight excluding hydrogens is 426 g/mol. The first-order valence-corrected chi connectivity index (χ1v) is 8.93. The van der Waals surface area contributed by atoms with Crippen molar-refractivity contribution in [1.82, 2.24) is 0 Å². The van der Waals surface area contributed by atoms with Crippen LogP contribution in [0.5, 0.6) is 11.5 Å². The summed E-state index contributed by atoms with van der Waals surface area (Å²) in [4.78, 5) is 10.9. The minimum atomic E-state index is -4.18. The zero-order valence-corrected chi connectivity index (χ0v) is 15.2. The molecule has 128 valence electrons. The number of halogens is 2. The third kappa shape index (κ3) is 3.74. The topological polar surface area (TPSA) is 113 Å². The second-order valence-electron chi connectivity index (χ2n) is 4.56. The molecule has 0 aromatic heterocycles. The van der Waals surface area contributed by atoms with Gasteiger partial charge >= 0.3 is 5.97 Å². The van der Waals surface area contributed by atoms with Crippen LogP contribution in [0.1, 0.15) is 10.4 Å². The van der Waals surface area contributed by atoms with Crippen molar-refractivity contribution in [2.24, 2.45) is 0 Å². The van der Waals surface area contributed by atoms with Gasteiger partial charge in [-0.15, -0.1) is 0 Å². The van der Waals surface area contributed by atoms with Crippen LogP contribution >= 0.6 is 27.5 Å². The Bertz CT molecular complexity index is 916. The number of benzene rings is 2. The molecule has 3 N–H and O–H groups in total. The van der Waals surface area contributed by atoms with Crippen molar-refractivity contribution >= 4 is 49.2 Å². The maximum absolute atomic E-state index is 12.6. The van der Waals surface area contributed by atoms with Crippen molar-refractivity contribution in [3.05, 3.63) is 45.4 Å². The van der Waals surface area contributed by atoms with Gasteiger partial charge in [-0.1, -0.05) is 27.5 Å². The van der Waals surface area contributed by atoms with Gasteiger partial charge in [0.05, 0.1) is 12.8 Å². The third-order valence-corrected chi connectivity index (χ3v) is 5.06. The molecule has 2 aromatic rings. The van der Waals surface area contributed by atoms with Gasteiger partial charge in [0.15, 0.2) is 5.75 Å². The number of carboxylic acid groups (broad SMARTS) is 1. The fourth-order valence-electron chi connectivity index (χ4n) is 1.90. The lowest BCUT2D eigenvalue weighted by Crippen LogP contribution is -2.15. The Balaban J connectivity index is 2.55. The molecule has 2 rings (SSSR count). The van der Waals surface area contributed by atoms with Crippen LogP contribution in [0.15, 0.2) is 39.7 Å². The van der Waals surface area contributed by atoms with E-state index in [-0.39, 0.29) is 21.4 Å². The minimum absolute atomic E-state index is 0.0518. The standard InChI is InChI=1S/C14H11BrClNO6S/c1-23-11-3-2-7(15)4-12(11)24(21,22)17-10-6-8(16)5-9(13(10)18)14(19)20/h2-6,17-18H,1H3,(H,19,20). The summed E-state index contributed by atoms with van der Waals surface area (Å²) in [5.74, 6) is -2.12. The molecule has 0 fully saturated rings. The zero-order chi connectivity index (χ0) is 18.1. The van der Waals surface area contributed by atoms with Crippen molar-refractivity contribution in [1.29, 1.82) is 0 Å². The first-order valence-electron chi connectivity index (χ1n) is 6.28. The summed E-state index contributed by atoms with van der Waals surface area (Å²) in [6, 6.07) is 6.46. The molecule has 0 bridgehead atoms. The average molecular weight is 437 g/mol. The highest BCUT2D eigenvalue weighted by Crippen LogP contribution is 2.35. The predicted octanol–water partition coefficient (Wildman–Crippen LogP) is 3.32. The highest BCUT2D eigenvalue weighted by molar-refractivity contribution is 9.10. The molecule has 0 spiro atoms. The van der Waals surface area contributed by atoms with Crippen molar-refractivity contribution in [2.75, 3.05) is 11.8 Å². The summed E-state index contributed by atoms with van der Waals surface area (Å²) in [5.41, 5.74) is -0.886. The molecule has 0 unspecified atom stereocenters. The van der Waals surface area contributed by atoms with Crippen LogP contribution < -0.4 is 9.46 Å². The van der Waals surface area contributed by atoms with E-state index in [0.717, 1.165) is 12.1 Å². The lowest BCUT2D eigenvalue weighted by atomic mass is 10.2. The molecule has 0 heterocycles. The molecule has 0 aliphatic carbocycles. The summed E-state index contributed by atoms with van der Waals surface area (Å²) in [5, 5.41) is 18.9. The fraction of sp³-hybridized carbons (Fsp3) is 0.0714. The summed E-state index contributed by atoms with van der Waals surface area (Å²) in [6.45, 7) is 0. The maximum Gasteiger partial charge on any atom is 0.339 e. The SMILES string of the molecule is COc1ccc(Br)cc1S(=O)(=O)Nc1cc(Cl)cc(C(=O)O)c1O. The van der Waals surface area contributed by atoms with E-state index in [2.05, 4.69) is 20.7 Å². The number of hydrogen-bond acceptors (Lipinski definition) is 5. The Morgan fingerprint density at radius 2 is 1.96 bits per heavy atom. The average Bonchev–Trinajstić information content (AvgIpc) is 2.50. The van der Waals surface area contributed by atoms with Gasteiger partial charge in [0.2, 0.25) is 0 Å². The number of carbonyl (C=O) groups is 1. The quantitative estimate of drug-likeness (QED) is 0.620. The fourth-order valence-corrected chi connectivity index (χ4v) is 3.88. The van der Waals surface area contributed by atoms with Gasteiger partial charge in [-0.05, 0) is 30.3 Å². The zero-order valence-electron chi connectivity index (χ0n) is 12.1. The van der Waals surface area contributed by atoms with E-state index in [0.29, 0.717) is 4.47 Å². The Morgan fingerprint density at radius 1 is 1.29 bits per heavy atom. The third-order valence-electron chi connectivity index (χ3n) is 2.96. The number of aromatic hydroxyl groups is 1. The number of hydrogen-bond donors (Lipinski definition) is 3. The predicted molar refractivity (Wildman–Crippen MR) is 91.6 cm³/mol. The van der Waals surface area contributed by atoms with E-state index in [1.165, 1.54) is 19.2 Å². The molecule has 0 radical (unpaired) electrons. The van der Waals surface area contributed by atoms with Crippen LogP contribution in [0.25, 0.3) is 0 Å². The van der Waals surface area contributed by atoms with Gasteiger partial charge < -0.3 is 14.9 Å². The van der Waals surface area contributed by atoms with Gasteiger partial charge in [-0.2, -0.15) is 0 Å². The number of methoxy groups -OCH3 is 1. The Morgan fingerprint density at radius 3 is 2.54 bits per heavy atom. The maximum atomic E-state index is 12.6. The summed E-state index contributed by atoms with van der Waals surface area (Å²) in [7, 11) is -2.87. The van der Waals surface area contributed by atoms with E-state index < -0.39 is 27.3 Å². The first-order chi connectivity index (χ1) is 11.2. The van der Waals surface area contributed by atoms with Gasteiger partial charge in [0.25, 0.3) is 10.0 Å². The molecule has 2 aromatic carbocycles. The smallest absolute Gasteiger partial charge is 0.339 e. The van der Waals surface area contributed by atoms with Gasteiger partial charge in [-0.25, -0.2) is 13.2 Å². The largest absolute Gasteiger partial charge is 0.505 e. The summed E-state index contributed by atoms with van der Waals surface area (Å²) < 4.78 is 32.8. The van der Waals surface area contributed by atoms with Gasteiger partial charge in [0.1, 0.15) is 16.2 Å². The summed E-state index contributed by atoms with van der Waals surface area (Å²) in [6.07, 6.45) is 0. The lowest BCUT2D eigenvalue weighted by molar-refractivity contribution is 0.0694.